The molecule has 3 aromatic rings. The fourth-order valence-electron chi connectivity index (χ4n) is 4.20. The van der Waals surface area contributed by atoms with Gasteiger partial charge in [0.1, 0.15) is 17.7 Å². The van der Waals surface area contributed by atoms with Gasteiger partial charge in [-0.05, 0) is 72.5 Å². The van der Waals surface area contributed by atoms with Gasteiger partial charge in [-0.3, -0.25) is 4.31 Å². The minimum Gasteiger partial charge on any atom is -0.486 e. The zero-order valence-corrected chi connectivity index (χ0v) is 21.9. The Balaban J connectivity index is 1.80. The summed E-state index contributed by atoms with van der Waals surface area (Å²) in [5.41, 5.74) is 8.69. The van der Waals surface area contributed by atoms with Crippen molar-refractivity contribution >= 4 is 39.0 Å². The number of benzene rings is 3. The van der Waals surface area contributed by atoms with Crippen LogP contribution in [-0.2, 0) is 16.2 Å². The van der Waals surface area contributed by atoms with Gasteiger partial charge in [0.25, 0.3) is 10.0 Å². The number of alkyl halides is 3. The summed E-state index contributed by atoms with van der Waals surface area (Å²) in [5.74, 6) is -0.365. The van der Waals surface area contributed by atoms with Crippen molar-refractivity contribution in [3.8, 4) is 5.75 Å². The summed E-state index contributed by atoms with van der Waals surface area (Å²) in [7, 11) is -4.48. The van der Waals surface area contributed by atoms with Crippen LogP contribution in [0.15, 0.2) is 70.7 Å². The predicted octanol–water partition coefficient (Wildman–Crippen LogP) is 7.72. The molecule has 204 valence electrons. The molecule has 0 aliphatic carbocycles. The lowest BCUT2D eigenvalue weighted by Crippen LogP contribution is -2.43. The minimum atomic E-state index is -4.74. The Morgan fingerprint density at radius 2 is 1.95 bits per heavy atom. The lowest BCUT2D eigenvalue weighted by atomic mass is 10.0. The van der Waals surface area contributed by atoms with Crippen LogP contribution < -0.4 is 9.04 Å². The summed E-state index contributed by atoms with van der Waals surface area (Å²) in [6.07, 6.45) is -3.70. The molecule has 0 saturated heterocycles. The largest absolute Gasteiger partial charge is 0.486 e. The number of halogens is 5. The highest BCUT2D eigenvalue weighted by atomic mass is 35.5. The number of anilines is 1. The van der Waals surface area contributed by atoms with E-state index in [9.17, 15) is 26.0 Å². The van der Waals surface area contributed by atoms with Gasteiger partial charge in [0.15, 0.2) is 0 Å². The molecular formula is C26H21ClF4N4O3S. The maximum absolute atomic E-state index is 14.4. The fraction of sp³-hybridized carbons (Fsp3) is 0.231. The Hall–Kier alpha value is -3.73. The Morgan fingerprint density at radius 3 is 2.64 bits per heavy atom. The van der Waals surface area contributed by atoms with Crippen LogP contribution in [0.25, 0.3) is 22.1 Å². The van der Waals surface area contributed by atoms with E-state index in [0.717, 1.165) is 22.5 Å². The third-order valence-electron chi connectivity index (χ3n) is 6.02. The van der Waals surface area contributed by atoms with Crippen LogP contribution in [0, 0.1) is 5.82 Å². The number of hydrogen-bond acceptors (Lipinski definition) is 4. The zero-order chi connectivity index (χ0) is 28.4. The number of nitrogens with zero attached hydrogens (tertiary/aromatic N) is 4. The molecule has 13 heteroatoms. The van der Waals surface area contributed by atoms with E-state index in [2.05, 4.69) is 10.0 Å². The molecule has 1 heterocycles. The van der Waals surface area contributed by atoms with Gasteiger partial charge in [0, 0.05) is 17.0 Å². The van der Waals surface area contributed by atoms with Gasteiger partial charge < -0.3 is 4.74 Å². The summed E-state index contributed by atoms with van der Waals surface area (Å²) >= 11 is 6.17. The number of azide groups is 1. The summed E-state index contributed by atoms with van der Waals surface area (Å²) in [4.78, 5) is 2.13. The van der Waals surface area contributed by atoms with Crippen LogP contribution in [0.4, 0.5) is 23.2 Å². The number of ether oxygens (including phenoxy) is 1. The van der Waals surface area contributed by atoms with E-state index in [1.807, 2.05) is 0 Å². The van der Waals surface area contributed by atoms with Crippen molar-refractivity contribution in [1.82, 2.24) is 0 Å². The monoisotopic (exact) mass is 580 g/mol. The molecule has 0 fully saturated rings. The molecule has 4 rings (SSSR count). The normalized spacial score (nSPS) is 15.8. The van der Waals surface area contributed by atoms with Crippen molar-refractivity contribution in [3.63, 3.8) is 0 Å². The first-order chi connectivity index (χ1) is 18.4. The van der Waals surface area contributed by atoms with E-state index in [-0.39, 0.29) is 41.5 Å². The fourth-order valence-corrected chi connectivity index (χ4v) is 6.06. The van der Waals surface area contributed by atoms with E-state index in [4.69, 9.17) is 21.9 Å². The average Bonchev–Trinajstić information content (AvgIpc) is 2.88. The van der Waals surface area contributed by atoms with Gasteiger partial charge in [0.05, 0.1) is 27.7 Å². The van der Waals surface area contributed by atoms with Crippen LogP contribution in [0.5, 0.6) is 5.75 Å². The third kappa shape index (κ3) is 6.13. The second-order valence-electron chi connectivity index (χ2n) is 8.70. The molecule has 0 spiro atoms. The third-order valence-corrected chi connectivity index (χ3v) is 8.11. The van der Waals surface area contributed by atoms with Crippen molar-refractivity contribution in [2.24, 2.45) is 5.11 Å². The quantitative estimate of drug-likeness (QED) is 0.0941. The van der Waals surface area contributed by atoms with Gasteiger partial charge in [-0.15, -0.1) is 0 Å². The number of rotatable bonds is 7. The molecule has 1 aliphatic rings. The Labute approximate surface area is 227 Å². The molecular weight excluding hydrogens is 560 g/mol. The van der Waals surface area contributed by atoms with E-state index in [1.165, 1.54) is 30.3 Å². The van der Waals surface area contributed by atoms with Crippen LogP contribution >= 0.6 is 11.6 Å². The molecule has 0 aromatic heterocycles. The molecule has 0 N–H and O–H groups in total. The second-order valence-corrected chi connectivity index (χ2v) is 11.0. The highest BCUT2D eigenvalue weighted by molar-refractivity contribution is 7.92. The first-order valence-electron chi connectivity index (χ1n) is 11.6. The molecule has 0 radical (unpaired) electrons. The maximum atomic E-state index is 14.4. The SMILES string of the molecule is C/C(=C\c1ccc2c(c1)N(S(=O)(=O)c1cccc(C(F)(F)F)c1)C[C@H](CCN=[N+]=[N-])O2)c1c(F)cccc1Cl. The number of hydrogen-bond donors (Lipinski definition) is 0. The number of fused-ring (bicyclic) bond motifs is 1. The van der Waals surface area contributed by atoms with Crippen LogP contribution in [0.2, 0.25) is 5.02 Å². The van der Waals surface area contributed by atoms with Crippen molar-refractivity contribution in [3.05, 3.63) is 98.6 Å². The molecule has 7 nitrogen and oxygen atoms in total. The van der Waals surface area contributed by atoms with Crippen molar-refractivity contribution in [1.29, 1.82) is 0 Å². The van der Waals surface area contributed by atoms with Crippen LogP contribution in [0.3, 0.4) is 0 Å². The maximum Gasteiger partial charge on any atom is 0.416 e. The first kappa shape index (κ1) is 28.3. The number of sulfonamides is 1. The van der Waals surface area contributed by atoms with Gasteiger partial charge in [-0.2, -0.15) is 13.2 Å². The van der Waals surface area contributed by atoms with Crippen molar-refractivity contribution in [2.45, 2.75) is 30.5 Å². The molecule has 3 aromatic carbocycles. The predicted molar refractivity (Wildman–Crippen MR) is 140 cm³/mol. The molecule has 0 bridgehead atoms. The first-order valence-corrected chi connectivity index (χ1v) is 13.4. The van der Waals surface area contributed by atoms with Gasteiger partial charge in [-0.25, -0.2) is 12.8 Å². The van der Waals surface area contributed by atoms with Gasteiger partial charge >= 0.3 is 6.18 Å². The van der Waals surface area contributed by atoms with E-state index in [1.54, 1.807) is 19.1 Å². The van der Waals surface area contributed by atoms with Gasteiger partial charge in [-0.1, -0.05) is 41.0 Å². The zero-order valence-electron chi connectivity index (χ0n) is 20.4. The molecule has 1 atom stereocenters. The highest BCUT2D eigenvalue weighted by Crippen LogP contribution is 2.40. The standard InChI is InChI=1S/C26H21ClF4N4O3S/c1-16(25-21(27)6-3-7-22(25)28)12-17-8-9-24-23(13-17)35(15-19(38-24)10-11-33-34-32)39(36,37)20-5-2-4-18(14-20)26(29,30)31/h2-9,12-14,19H,10-11,15H2,1H3/b16-12+/t19-/m0/s1. The Morgan fingerprint density at radius 1 is 1.21 bits per heavy atom. The van der Waals surface area contributed by atoms with E-state index >= 15 is 0 Å². The molecule has 0 amide bonds. The Bertz CT molecular complexity index is 1570. The lowest BCUT2D eigenvalue weighted by Gasteiger charge is -2.35. The minimum absolute atomic E-state index is 0.0252. The van der Waals surface area contributed by atoms with Crippen LogP contribution in [0.1, 0.15) is 30.0 Å². The topological polar surface area (TPSA) is 95.4 Å². The molecule has 0 unspecified atom stereocenters. The smallest absolute Gasteiger partial charge is 0.416 e. The summed E-state index contributed by atoms with van der Waals surface area (Å²) in [6, 6.07) is 12.4. The lowest BCUT2D eigenvalue weighted by molar-refractivity contribution is -0.137. The number of allylic oxidation sites excluding steroid dienone is 1. The average molecular weight is 581 g/mol. The van der Waals surface area contributed by atoms with Crippen molar-refractivity contribution < 1.29 is 30.7 Å². The molecule has 39 heavy (non-hydrogen) atoms. The Kier molecular flexibility index (Phi) is 8.10. The second kappa shape index (κ2) is 11.2. The van der Waals surface area contributed by atoms with E-state index in [0.29, 0.717) is 17.2 Å². The van der Waals surface area contributed by atoms with Crippen molar-refractivity contribution in [2.75, 3.05) is 17.4 Å². The van der Waals surface area contributed by atoms with Gasteiger partial charge in [0.2, 0.25) is 0 Å². The summed E-state index contributed by atoms with van der Waals surface area (Å²) in [6.45, 7) is 1.43. The summed E-state index contributed by atoms with van der Waals surface area (Å²) < 4.78 is 88.7. The van der Waals surface area contributed by atoms with Crippen LogP contribution in [-0.4, -0.2) is 27.6 Å². The molecule has 1 aliphatic heterocycles. The summed E-state index contributed by atoms with van der Waals surface area (Å²) in [5, 5.41) is 3.65. The highest BCUT2D eigenvalue weighted by Gasteiger charge is 2.37. The molecule has 0 saturated carbocycles. The van der Waals surface area contributed by atoms with E-state index < -0.39 is 38.6 Å².